The van der Waals surface area contributed by atoms with Crippen LogP contribution in [0.25, 0.3) is 0 Å². The largest absolute Gasteiger partial charge is 0.414 e. The number of amides is 1. The van der Waals surface area contributed by atoms with E-state index < -0.39 is 19.9 Å². The number of nitrogens with zero attached hydrogens (tertiary/aromatic N) is 3. The minimum absolute atomic E-state index is 0.0423. The predicted molar refractivity (Wildman–Crippen MR) is 166 cm³/mol. The molecular weight excluding hydrogens is 637 g/mol. The topological polar surface area (TPSA) is 75.5 Å². The SMILES string of the molecule is CC(C)(C)[Si](C)(C)OC1CC(CO[C@]2(c3ccc(Cl)cc3)c3c(F)cc(Br)cc3C(=O)N2Cc2ccc(C#N)cn2)C1. The molecule has 1 atom stereocenters. The molecule has 6 nitrogen and oxygen atoms in total. The summed E-state index contributed by atoms with van der Waals surface area (Å²) in [7, 11) is -1.91. The minimum Gasteiger partial charge on any atom is -0.414 e. The zero-order valence-corrected chi connectivity index (χ0v) is 27.7. The van der Waals surface area contributed by atoms with Crippen molar-refractivity contribution in [1.29, 1.82) is 5.26 Å². The number of hydrogen-bond donors (Lipinski definition) is 0. The molecular formula is C32H34BrClFN3O3Si. The summed E-state index contributed by atoms with van der Waals surface area (Å²) in [5.74, 6) is -0.735. The van der Waals surface area contributed by atoms with E-state index in [1.807, 2.05) is 0 Å². The number of rotatable bonds is 8. The van der Waals surface area contributed by atoms with Crippen molar-refractivity contribution in [3.05, 3.63) is 98.0 Å². The number of carbonyl (C=O) groups excluding carboxylic acids is 1. The van der Waals surface area contributed by atoms with Crippen molar-refractivity contribution in [3.8, 4) is 6.07 Å². The molecule has 0 unspecified atom stereocenters. The molecule has 1 aliphatic carbocycles. The first-order valence-electron chi connectivity index (χ1n) is 14.0. The summed E-state index contributed by atoms with van der Waals surface area (Å²) < 4.78 is 29.8. The van der Waals surface area contributed by atoms with Crippen LogP contribution in [0.2, 0.25) is 23.2 Å². The summed E-state index contributed by atoms with van der Waals surface area (Å²) in [6.07, 6.45) is 3.30. The maximum atomic E-state index is 16.0. The van der Waals surface area contributed by atoms with Gasteiger partial charge in [0, 0.05) is 27.4 Å². The lowest BCUT2D eigenvalue weighted by Gasteiger charge is -2.46. The lowest BCUT2D eigenvalue weighted by atomic mass is 9.83. The molecule has 1 aliphatic heterocycles. The van der Waals surface area contributed by atoms with Gasteiger partial charge in [-0.15, -0.1) is 0 Å². The Bertz CT molecular complexity index is 1530. The van der Waals surface area contributed by atoms with E-state index in [0.29, 0.717) is 32.9 Å². The Morgan fingerprint density at radius 1 is 1.19 bits per heavy atom. The highest BCUT2D eigenvalue weighted by Crippen LogP contribution is 2.49. The molecule has 1 amide bonds. The van der Waals surface area contributed by atoms with Gasteiger partial charge in [0.2, 0.25) is 0 Å². The quantitative estimate of drug-likeness (QED) is 0.226. The maximum absolute atomic E-state index is 16.0. The zero-order chi connectivity index (χ0) is 30.4. The first-order valence-corrected chi connectivity index (χ1v) is 18.1. The van der Waals surface area contributed by atoms with Gasteiger partial charge in [-0.25, -0.2) is 4.39 Å². The molecule has 1 aromatic heterocycles. The van der Waals surface area contributed by atoms with Crippen LogP contribution in [0.4, 0.5) is 4.39 Å². The van der Waals surface area contributed by atoms with Gasteiger partial charge in [0.05, 0.1) is 35.5 Å². The molecule has 1 saturated carbocycles. The van der Waals surface area contributed by atoms with E-state index in [0.717, 1.165) is 12.8 Å². The number of hydrogen-bond acceptors (Lipinski definition) is 5. The summed E-state index contributed by atoms with van der Waals surface area (Å²) in [4.78, 5) is 20.0. The number of aromatic nitrogens is 1. The number of carbonyl (C=O) groups is 1. The van der Waals surface area contributed by atoms with Gasteiger partial charge in [0.15, 0.2) is 14.0 Å². The number of fused-ring (bicyclic) bond motifs is 1. The Hall–Kier alpha value is -2.61. The van der Waals surface area contributed by atoms with Gasteiger partial charge in [-0.2, -0.15) is 5.26 Å². The molecule has 2 heterocycles. The van der Waals surface area contributed by atoms with Gasteiger partial charge >= 0.3 is 0 Å². The van der Waals surface area contributed by atoms with Gasteiger partial charge in [0.1, 0.15) is 11.9 Å². The third-order valence-electron chi connectivity index (χ3n) is 8.75. The van der Waals surface area contributed by atoms with Crippen LogP contribution in [0.1, 0.15) is 66.4 Å². The second kappa shape index (κ2) is 11.5. The van der Waals surface area contributed by atoms with Crippen molar-refractivity contribution in [3.63, 3.8) is 0 Å². The standard InChI is InChI=1S/C32H34BrClFN3O3Si/c1-31(2,3)42(4,5)41-26-12-21(13-26)19-40-32(22-7-9-24(34)10-8-22)29-27(14-23(33)15-28(29)35)30(39)38(32)18-25-11-6-20(16-36)17-37-25/h6-11,14-15,17,21,26H,12-13,18-19H2,1-5H3/t21?,26?,32-/m1/s1. The normalized spacial score (nSPS) is 22.1. The van der Waals surface area contributed by atoms with Crippen LogP contribution in [0.15, 0.2) is 59.2 Å². The molecule has 0 spiro atoms. The lowest BCUT2D eigenvalue weighted by molar-refractivity contribution is -0.138. The molecule has 0 radical (unpaired) electrons. The van der Waals surface area contributed by atoms with E-state index in [1.54, 1.807) is 42.5 Å². The van der Waals surface area contributed by atoms with Crippen molar-refractivity contribution in [1.82, 2.24) is 9.88 Å². The second-order valence-corrected chi connectivity index (χ2v) is 18.8. The van der Waals surface area contributed by atoms with Crippen LogP contribution in [0.3, 0.4) is 0 Å². The van der Waals surface area contributed by atoms with Gasteiger partial charge in [-0.1, -0.05) is 60.4 Å². The van der Waals surface area contributed by atoms with Crippen LogP contribution < -0.4 is 0 Å². The van der Waals surface area contributed by atoms with E-state index in [2.05, 4.69) is 60.8 Å². The highest BCUT2D eigenvalue weighted by molar-refractivity contribution is 9.10. The summed E-state index contributed by atoms with van der Waals surface area (Å²) in [6.45, 7) is 11.5. The van der Waals surface area contributed by atoms with Crippen molar-refractivity contribution in [2.24, 2.45) is 5.92 Å². The Morgan fingerprint density at radius 3 is 2.48 bits per heavy atom. The molecule has 1 fully saturated rings. The van der Waals surface area contributed by atoms with Crippen molar-refractivity contribution in [2.75, 3.05) is 6.61 Å². The van der Waals surface area contributed by atoms with Crippen LogP contribution in [-0.4, -0.2) is 36.8 Å². The Kier molecular flexibility index (Phi) is 8.42. The summed E-state index contributed by atoms with van der Waals surface area (Å²) in [5.41, 5.74) is 0.371. The smallest absolute Gasteiger partial charge is 0.257 e. The fourth-order valence-corrected chi connectivity index (χ4v) is 7.32. The van der Waals surface area contributed by atoms with E-state index in [4.69, 9.17) is 20.8 Å². The molecule has 10 heteroatoms. The van der Waals surface area contributed by atoms with Gasteiger partial charge in [-0.05, 0) is 73.3 Å². The number of benzene rings is 2. The van der Waals surface area contributed by atoms with Gasteiger partial charge in [-0.3, -0.25) is 14.7 Å². The van der Waals surface area contributed by atoms with Crippen molar-refractivity contribution in [2.45, 2.75) is 70.1 Å². The molecule has 2 aromatic carbocycles. The van der Waals surface area contributed by atoms with Gasteiger partial charge < -0.3 is 9.16 Å². The van der Waals surface area contributed by atoms with E-state index in [1.165, 1.54) is 17.2 Å². The Balaban J connectivity index is 1.52. The second-order valence-electron chi connectivity index (χ2n) is 12.7. The van der Waals surface area contributed by atoms with Crippen molar-refractivity contribution >= 4 is 41.8 Å². The molecule has 0 N–H and O–H groups in total. The fourth-order valence-electron chi connectivity index (χ4n) is 5.39. The summed E-state index contributed by atoms with van der Waals surface area (Å²) >= 11 is 9.60. The highest BCUT2D eigenvalue weighted by Gasteiger charge is 2.55. The molecule has 5 rings (SSSR count). The molecule has 0 bridgehead atoms. The van der Waals surface area contributed by atoms with Crippen LogP contribution in [-0.2, 0) is 21.4 Å². The zero-order valence-electron chi connectivity index (χ0n) is 24.4. The lowest BCUT2D eigenvalue weighted by Crippen LogP contribution is -2.50. The number of nitriles is 1. The van der Waals surface area contributed by atoms with Crippen LogP contribution in [0.5, 0.6) is 0 Å². The number of halogens is 3. The average Bonchev–Trinajstić information content (AvgIpc) is 3.13. The third-order valence-corrected chi connectivity index (χ3v) is 14.0. The summed E-state index contributed by atoms with van der Waals surface area (Å²) in [5, 5.41) is 9.85. The molecule has 0 saturated heterocycles. The van der Waals surface area contributed by atoms with Crippen molar-refractivity contribution < 1.29 is 18.3 Å². The molecule has 220 valence electrons. The monoisotopic (exact) mass is 669 g/mol. The number of pyridine rings is 1. The predicted octanol–water partition coefficient (Wildman–Crippen LogP) is 8.18. The molecule has 2 aliphatic rings. The average molecular weight is 671 g/mol. The van der Waals surface area contributed by atoms with E-state index in [-0.39, 0.29) is 40.6 Å². The Labute approximate surface area is 261 Å². The van der Waals surface area contributed by atoms with Crippen LogP contribution >= 0.6 is 27.5 Å². The molecule has 3 aromatic rings. The van der Waals surface area contributed by atoms with E-state index in [9.17, 15) is 10.1 Å². The maximum Gasteiger partial charge on any atom is 0.257 e. The minimum atomic E-state index is -1.91. The highest BCUT2D eigenvalue weighted by atomic mass is 79.9. The van der Waals surface area contributed by atoms with Gasteiger partial charge in [0.25, 0.3) is 5.91 Å². The van der Waals surface area contributed by atoms with Crippen LogP contribution in [0, 0.1) is 23.1 Å². The molecule has 42 heavy (non-hydrogen) atoms. The summed E-state index contributed by atoms with van der Waals surface area (Å²) in [6, 6.07) is 15.4. The fraction of sp³-hybridized carbons (Fsp3) is 0.406. The Morgan fingerprint density at radius 2 is 1.88 bits per heavy atom. The first kappa shape index (κ1) is 30.8. The van der Waals surface area contributed by atoms with E-state index >= 15 is 4.39 Å². The third kappa shape index (κ3) is 5.68. The number of ether oxygens (including phenoxy) is 1. The first-order chi connectivity index (χ1) is 19.7.